The maximum absolute atomic E-state index is 13.3. The molecule has 0 saturated heterocycles. The molecule has 1 unspecified atom stereocenters. The van der Waals surface area contributed by atoms with E-state index in [1.54, 1.807) is 6.07 Å². The van der Waals surface area contributed by atoms with Crippen LogP contribution in [-0.2, 0) is 6.42 Å². The van der Waals surface area contributed by atoms with Gasteiger partial charge in [0.15, 0.2) is 0 Å². The van der Waals surface area contributed by atoms with E-state index in [1.807, 2.05) is 18.2 Å². The van der Waals surface area contributed by atoms with Crippen molar-refractivity contribution in [1.82, 2.24) is 0 Å². The Bertz CT molecular complexity index is 630. The van der Waals surface area contributed by atoms with Gasteiger partial charge in [-0.25, -0.2) is 4.39 Å². The van der Waals surface area contributed by atoms with Crippen LogP contribution in [0.2, 0.25) is 0 Å². The van der Waals surface area contributed by atoms with Crippen LogP contribution in [-0.4, -0.2) is 19.8 Å². The molecule has 0 radical (unpaired) electrons. The molecule has 21 heavy (non-hydrogen) atoms. The number of rotatable bonds is 5. The van der Waals surface area contributed by atoms with Crippen LogP contribution in [0.3, 0.4) is 0 Å². The van der Waals surface area contributed by atoms with Gasteiger partial charge in [-0.2, -0.15) is 0 Å². The average Bonchev–Trinajstić information content (AvgIpc) is 2.90. The predicted molar refractivity (Wildman–Crippen MR) is 79.3 cm³/mol. The van der Waals surface area contributed by atoms with E-state index in [2.05, 4.69) is 6.07 Å². The zero-order valence-corrected chi connectivity index (χ0v) is 11.7. The minimum Gasteiger partial charge on any atom is -0.493 e. The van der Waals surface area contributed by atoms with Gasteiger partial charge < -0.3 is 15.2 Å². The molecular weight excluding hydrogens is 269 g/mol. The monoisotopic (exact) mass is 287 g/mol. The van der Waals surface area contributed by atoms with Gasteiger partial charge in [-0.3, -0.25) is 0 Å². The number of hydrogen-bond donors (Lipinski definition) is 1. The normalized spacial score (nSPS) is 16.4. The van der Waals surface area contributed by atoms with Gasteiger partial charge in [0.25, 0.3) is 0 Å². The molecule has 0 fully saturated rings. The third kappa shape index (κ3) is 3.00. The number of hydrogen-bond acceptors (Lipinski definition) is 3. The molecule has 3 rings (SSSR count). The van der Waals surface area contributed by atoms with Crippen LogP contribution in [0.5, 0.6) is 11.5 Å². The summed E-state index contributed by atoms with van der Waals surface area (Å²) in [6.07, 6.45) is 0.602. The van der Waals surface area contributed by atoms with Gasteiger partial charge in [-0.1, -0.05) is 18.2 Å². The summed E-state index contributed by atoms with van der Waals surface area (Å²) in [7, 11) is 0. The second-order valence-electron chi connectivity index (χ2n) is 5.15. The van der Waals surface area contributed by atoms with Crippen LogP contribution in [0.25, 0.3) is 0 Å². The van der Waals surface area contributed by atoms with Crippen molar-refractivity contribution < 1.29 is 13.9 Å². The number of fused-ring (bicyclic) bond motifs is 1. The van der Waals surface area contributed by atoms with E-state index in [1.165, 1.54) is 17.7 Å². The quantitative estimate of drug-likeness (QED) is 0.919. The number of benzene rings is 2. The van der Waals surface area contributed by atoms with Crippen LogP contribution >= 0.6 is 0 Å². The summed E-state index contributed by atoms with van der Waals surface area (Å²) >= 11 is 0. The van der Waals surface area contributed by atoms with Crippen molar-refractivity contribution in [3.05, 3.63) is 59.4 Å². The molecule has 2 aromatic carbocycles. The Balaban J connectivity index is 1.71. The number of para-hydroxylation sites is 1. The van der Waals surface area contributed by atoms with Crippen molar-refractivity contribution >= 4 is 0 Å². The highest BCUT2D eigenvalue weighted by molar-refractivity contribution is 5.40. The lowest BCUT2D eigenvalue weighted by molar-refractivity contribution is 0.246. The Hall–Kier alpha value is -2.07. The largest absolute Gasteiger partial charge is 0.493 e. The molecule has 2 aromatic rings. The molecule has 0 saturated carbocycles. The van der Waals surface area contributed by atoms with E-state index in [-0.39, 0.29) is 11.7 Å². The Labute approximate surface area is 123 Å². The third-order valence-electron chi connectivity index (χ3n) is 3.68. The van der Waals surface area contributed by atoms with Gasteiger partial charge in [0, 0.05) is 5.56 Å². The molecule has 3 nitrogen and oxygen atoms in total. The van der Waals surface area contributed by atoms with Crippen LogP contribution in [0.1, 0.15) is 17.0 Å². The van der Waals surface area contributed by atoms with Crippen LogP contribution in [0, 0.1) is 5.82 Å². The zero-order chi connectivity index (χ0) is 14.7. The summed E-state index contributed by atoms with van der Waals surface area (Å²) < 4.78 is 24.8. The molecule has 0 aliphatic carbocycles. The highest BCUT2D eigenvalue weighted by Gasteiger charge is 2.24. The summed E-state index contributed by atoms with van der Waals surface area (Å²) in [5.74, 6) is 1.57. The SMILES string of the molecule is NCCc1cc(F)ccc1OCC1COc2ccccc21. The molecule has 1 heterocycles. The molecule has 0 spiro atoms. The first-order chi connectivity index (χ1) is 10.3. The van der Waals surface area contributed by atoms with Crippen LogP contribution in [0.15, 0.2) is 42.5 Å². The summed E-state index contributed by atoms with van der Waals surface area (Å²) in [5.41, 5.74) is 7.54. The maximum atomic E-state index is 13.3. The second-order valence-corrected chi connectivity index (χ2v) is 5.15. The molecule has 1 atom stereocenters. The smallest absolute Gasteiger partial charge is 0.123 e. The molecule has 1 aliphatic heterocycles. The van der Waals surface area contributed by atoms with Crippen molar-refractivity contribution in [2.45, 2.75) is 12.3 Å². The highest BCUT2D eigenvalue weighted by atomic mass is 19.1. The predicted octanol–water partition coefficient (Wildman–Crippen LogP) is 2.88. The number of nitrogens with two attached hydrogens (primary N) is 1. The first-order valence-corrected chi connectivity index (χ1v) is 7.11. The van der Waals surface area contributed by atoms with Gasteiger partial charge in [0.05, 0.1) is 19.1 Å². The molecule has 110 valence electrons. The van der Waals surface area contributed by atoms with E-state index < -0.39 is 0 Å². The van der Waals surface area contributed by atoms with Gasteiger partial charge in [0.2, 0.25) is 0 Å². The first kappa shape index (κ1) is 13.9. The molecule has 2 N–H and O–H groups in total. The zero-order valence-electron chi connectivity index (χ0n) is 11.7. The molecule has 0 bridgehead atoms. The van der Waals surface area contributed by atoms with Crippen LogP contribution < -0.4 is 15.2 Å². The van der Waals surface area contributed by atoms with Gasteiger partial charge in [-0.05, 0) is 42.8 Å². The standard InChI is InChI=1S/C17H18FNO2/c18-14-5-6-16(12(9-14)7-8-19)20-10-13-11-21-17-4-2-1-3-15(13)17/h1-6,9,13H,7-8,10-11,19H2. The topological polar surface area (TPSA) is 44.5 Å². The second kappa shape index (κ2) is 6.14. The first-order valence-electron chi connectivity index (χ1n) is 7.11. The van der Waals surface area contributed by atoms with E-state index in [9.17, 15) is 4.39 Å². The maximum Gasteiger partial charge on any atom is 0.123 e. The van der Waals surface area contributed by atoms with Gasteiger partial charge in [-0.15, -0.1) is 0 Å². The Kier molecular flexibility index (Phi) is 4.06. The molecule has 0 amide bonds. The van der Waals surface area contributed by atoms with E-state index in [0.717, 1.165) is 11.3 Å². The van der Waals surface area contributed by atoms with E-state index in [0.29, 0.717) is 31.9 Å². The van der Waals surface area contributed by atoms with Crippen molar-refractivity contribution in [3.8, 4) is 11.5 Å². The van der Waals surface area contributed by atoms with Crippen molar-refractivity contribution in [1.29, 1.82) is 0 Å². The minimum absolute atomic E-state index is 0.206. The number of halogens is 1. The molecular formula is C17H18FNO2. The fourth-order valence-electron chi connectivity index (χ4n) is 2.60. The lowest BCUT2D eigenvalue weighted by Crippen LogP contribution is -2.13. The van der Waals surface area contributed by atoms with Crippen LogP contribution in [0.4, 0.5) is 4.39 Å². The third-order valence-corrected chi connectivity index (χ3v) is 3.68. The summed E-state index contributed by atoms with van der Waals surface area (Å²) in [6, 6.07) is 12.5. The van der Waals surface area contributed by atoms with Crippen molar-refractivity contribution in [2.24, 2.45) is 5.73 Å². The molecule has 0 aromatic heterocycles. The van der Waals surface area contributed by atoms with Gasteiger partial charge in [0.1, 0.15) is 17.3 Å². The Morgan fingerprint density at radius 3 is 2.95 bits per heavy atom. The van der Waals surface area contributed by atoms with Crippen molar-refractivity contribution in [2.75, 3.05) is 19.8 Å². The summed E-state index contributed by atoms with van der Waals surface area (Å²) in [4.78, 5) is 0. The van der Waals surface area contributed by atoms with E-state index >= 15 is 0 Å². The summed E-state index contributed by atoms with van der Waals surface area (Å²) in [6.45, 7) is 1.60. The number of ether oxygens (including phenoxy) is 2. The fraction of sp³-hybridized carbons (Fsp3) is 0.294. The van der Waals surface area contributed by atoms with Gasteiger partial charge >= 0.3 is 0 Å². The van der Waals surface area contributed by atoms with E-state index in [4.69, 9.17) is 15.2 Å². The molecule has 1 aliphatic rings. The molecule has 4 heteroatoms. The Morgan fingerprint density at radius 1 is 1.24 bits per heavy atom. The lowest BCUT2D eigenvalue weighted by atomic mass is 10.0. The minimum atomic E-state index is -0.264. The highest BCUT2D eigenvalue weighted by Crippen LogP contribution is 2.34. The van der Waals surface area contributed by atoms with Crippen molar-refractivity contribution in [3.63, 3.8) is 0 Å². The fourth-order valence-corrected chi connectivity index (χ4v) is 2.60. The Morgan fingerprint density at radius 2 is 2.10 bits per heavy atom. The lowest BCUT2D eigenvalue weighted by Gasteiger charge is -2.14. The average molecular weight is 287 g/mol. The summed E-state index contributed by atoms with van der Waals surface area (Å²) in [5, 5.41) is 0.